The Morgan fingerprint density at radius 3 is 3.05 bits per heavy atom. The zero-order valence-electron chi connectivity index (χ0n) is 12.0. The van der Waals surface area contributed by atoms with Crippen LogP contribution >= 0.6 is 0 Å². The van der Waals surface area contributed by atoms with Crippen molar-refractivity contribution >= 4 is 0 Å². The molecular formula is C15H19FN4O. The van der Waals surface area contributed by atoms with Crippen molar-refractivity contribution in [3.8, 4) is 0 Å². The van der Waals surface area contributed by atoms with Gasteiger partial charge in [-0.25, -0.2) is 4.39 Å². The lowest BCUT2D eigenvalue weighted by Crippen LogP contribution is -2.34. The molecule has 3 rings (SSSR count). The number of fused-ring (bicyclic) bond motifs is 1. The molecule has 2 heterocycles. The molecule has 1 aromatic carbocycles. The van der Waals surface area contributed by atoms with E-state index in [0.29, 0.717) is 17.5 Å². The lowest BCUT2D eigenvalue weighted by Gasteiger charge is -2.27. The molecule has 1 aliphatic rings. The number of benzene rings is 1. The lowest BCUT2D eigenvalue weighted by molar-refractivity contribution is 0.130. The predicted octanol–water partition coefficient (Wildman–Crippen LogP) is 1.66. The number of aliphatic hydroxyl groups is 1. The molecule has 6 heteroatoms. The van der Waals surface area contributed by atoms with E-state index in [4.69, 9.17) is 0 Å². The maximum absolute atomic E-state index is 13.5. The molecule has 0 fully saturated rings. The molecule has 0 saturated carbocycles. The van der Waals surface area contributed by atoms with Crippen molar-refractivity contribution in [3.63, 3.8) is 0 Å². The summed E-state index contributed by atoms with van der Waals surface area (Å²) in [5.74, 6) is 0.690. The first-order valence-corrected chi connectivity index (χ1v) is 7.16. The molecule has 1 aliphatic heterocycles. The van der Waals surface area contributed by atoms with Gasteiger partial charge in [0, 0.05) is 19.6 Å². The second-order valence-corrected chi connectivity index (χ2v) is 5.53. The van der Waals surface area contributed by atoms with E-state index >= 15 is 0 Å². The molecule has 21 heavy (non-hydrogen) atoms. The van der Waals surface area contributed by atoms with Gasteiger partial charge in [0.15, 0.2) is 0 Å². The van der Waals surface area contributed by atoms with Gasteiger partial charge in [-0.3, -0.25) is 4.90 Å². The van der Waals surface area contributed by atoms with Crippen LogP contribution in [0.2, 0.25) is 0 Å². The summed E-state index contributed by atoms with van der Waals surface area (Å²) in [7, 11) is 0. The molecular weight excluding hydrogens is 271 g/mol. The molecule has 1 aromatic heterocycles. The summed E-state index contributed by atoms with van der Waals surface area (Å²) in [5, 5.41) is 18.2. The standard InChI is InChI=1S/C15H19FN4O/c1-11-2-3-12(8-13(11)16)14(21)4-5-19-6-7-20-10-17-18-15(20)9-19/h2-3,8,10,14,21H,4-7,9H2,1H3. The number of aliphatic hydroxyl groups excluding tert-OH is 1. The molecule has 0 bridgehead atoms. The molecule has 0 amide bonds. The number of halogens is 1. The minimum atomic E-state index is -0.639. The zero-order chi connectivity index (χ0) is 14.8. The molecule has 2 aromatic rings. The number of aromatic nitrogens is 3. The predicted molar refractivity (Wildman–Crippen MR) is 76.0 cm³/mol. The van der Waals surface area contributed by atoms with Gasteiger partial charge in [0.05, 0.1) is 12.6 Å². The highest BCUT2D eigenvalue weighted by molar-refractivity contribution is 5.24. The van der Waals surface area contributed by atoms with Gasteiger partial charge in [-0.2, -0.15) is 0 Å². The van der Waals surface area contributed by atoms with Gasteiger partial charge in [-0.1, -0.05) is 12.1 Å². The minimum absolute atomic E-state index is 0.266. The fourth-order valence-corrected chi connectivity index (χ4v) is 2.60. The molecule has 1 atom stereocenters. The van der Waals surface area contributed by atoms with Crippen LogP contribution in [0.25, 0.3) is 0 Å². The van der Waals surface area contributed by atoms with E-state index in [-0.39, 0.29) is 5.82 Å². The average Bonchev–Trinajstić information content (AvgIpc) is 2.95. The highest BCUT2D eigenvalue weighted by Gasteiger charge is 2.18. The number of aryl methyl sites for hydroxylation is 1. The molecule has 112 valence electrons. The summed E-state index contributed by atoms with van der Waals surface area (Å²) in [6, 6.07) is 4.92. The van der Waals surface area contributed by atoms with Gasteiger partial charge in [0.1, 0.15) is 18.0 Å². The van der Waals surface area contributed by atoms with Gasteiger partial charge in [0.2, 0.25) is 0 Å². The summed E-state index contributed by atoms with van der Waals surface area (Å²) in [6.45, 7) is 5.01. The average molecular weight is 290 g/mol. The topological polar surface area (TPSA) is 54.2 Å². The van der Waals surface area contributed by atoms with Gasteiger partial charge in [0.25, 0.3) is 0 Å². The van der Waals surface area contributed by atoms with Gasteiger partial charge in [-0.15, -0.1) is 10.2 Å². The van der Waals surface area contributed by atoms with Crippen LogP contribution in [0.15, 0.2) is 24.5 Å². The van der Waals surface area contributed by atoms with Crippen molar-refractivity contribution in [3.05, 3.63) is 47.3 Å². The Hall–Kier alpha value is -1.79. The van der Waals surface area contributed by atoms with Crippen molar-refractivity contribution in [2.45, 2.75) is 32.5 Å². The van der Waals surface area contributed by atoms with Crippen LogP contribution in [-0.2, 0) is 13.1 Å². The fourth-order valence-electron chi connectivity index (χ4n) is 2.60. The third-order valence-electron chi connectivity index (χ3n) is 4.02. The highest BCUT2D eigenvalue weighted by Crippen LogP contribution is 2.20. The molecule has 0 saturated heterocycles. The van der Waals surface area contributed by atoms with Crippen molar-refractivity contribution in [2.24, 2.45) is 0 Å². The molecule has 0 radical (unpaired) electrons. The van der Waals surface area contributed by atoms with E-state index in [2.05, 4.69) is 15.1 Å². The van der Waals surface area contributed by atoms with Gasteiger partial charge in [-0.05, 0) is 30.5 Å². The number of hydrogen-bond acceptors (Lipinski definition) is 4. The Labute approximate surface area is 123 Å². The van der Waals surface area contributed by atoms with Crippen molar-refractivity contribution in [1.82, 2.24) is 19.7 Å². The van der Waals surface area contributed by atoms with Crippen molar-refractivity contribution in [1.29, 1.82) is 0 Å². The van der Waals surface area contributed by atoms with Gasteiger partial charge >= 0.3 is 0 Å². The number of hydrogen-bond donors (Lipinski definition) is 1. The summed E-state index contributed by atoms with van der Waals surface area (Å²) in [6.07, 6.45) is 1.69. The third-order valence-corrected chi connectivity index (χ3v) is 4.02. The van der Waals surface area contributed by atoms with E-state index in [0.717, 1.165) is 32.0 Å². The third kappa shape index (κ3) is 3.11. The zero-order valence-corrected chi connectivity index (χ0v) is 12.0. The normalized spacial score (nSPS) is 16.7. The maximum Gasteiger partial charge on any atom is 0.147 e. The van der Waals surface area contributed by atoms with E-state index in [1.807, 2.05) is 4.57 Å². The minimum Gasteiger partial charge on any atom is -0.388 e. The number of nitrogens with zero attached hydrogens (tertiary/aromatic N) is 4. The lowest BCUT2D eigenvalue weighted by atomic mass is 10.0. The van der Waals surface area contributed by atoms with Crippen molar-refractivity contribution < 1.29 is 9.50 Å². The Morgan fingerprint density at radius 2 is 2.24 bits per heavy atom. The van der Waals surface area contributed by atoms with Gasteiger partial charge < -0.3 is 9.67 Å². The van der Waals surface area contributed by atoms with E-state index in [9.17, 15) is 9.50 Å². The summed E-state index contributed by atoms with van der Waals surface area (Å²) < 4.78 is 15.6. The molecule has 1 unspecified atom stereocenters. The summed E-state index contributed by atoms with van der Waals surface area (Å²) >= 11 is 0. The quantitative estimate of drug-likeness (QED) is 0.930. The SMILES string of the molecule is Cc1ccc(C(O)CCN2CCn3cnnc3C2)cc1F. The summed E-state index contributed by atoms with van der Waals surface area (Å²) in [5.41, 5.74) is 1.24. The first kappa shape index (κ1) is 14.2. The maximum atomic E-state index is 13.5. The second kappa shape index (κ2) is 5.91. The van der Waals surface area contributed by atoms with E-state index in [1.165, 1.54) is 6.07 Å². The Kier molecular flexibility index (Phi) is 3.98. The van der Waals surface area contributed by atoms with E-state index in [1.54, 1.807) is 25.4 Å². The smallest absolute Gasteiger partial charge is 0.147 e. The Bertz CT molecular complexity index is 628. The van der Waals surface area contributed by atoms with Crippen LogP contribution in [0.3, 0.4) is 0 Å². The van der Waals surface area contributed by atoms with E-state index < -0.39 is 6.10 Å². The van der Waals surface area contributed by atoms with Crippen LogP contribution in [0, 0.1) is 12.7 Å². The molecule has 5 nitrogen and oxygen atoms in total. The van der Waals surface area contributed by atoms with Crippen LogP contribution in [0.1, 0.15) is 29.5 Å². The van der Waals surface area contributed by atoms with Crippen LogP contribution < -0.4 is 0 Å². The van der Waals surface area contributed by atoms with Crippen LogP contribution in [0.4, 0.5) is 4.39 Å². The highest BCUT2D eigenvalue weighted by atomic mass is 19.1. The largest absolute Gasteiger partial charge is 0.388 e. The van der Waals surface area contributed by atoms with Crippen LogP contribution in [-0.4, -0.2) is 37.9 Å². The molecule has 0 spiro atoms. The summed E-state index contributed by atoms with van der Waals surface area (Å²) in [4.78, 5) is 2.23. The molecule has 0 aliphatic carbocycles. The number of rotatable bonds is 4. The Balaban J connectivity index is 1.56. The van der Waals surface area contributed by atoms with Crippen LogP contribution in [0.5, 0.6) is 0 Å². The monoisotopic (exact) mass is 290 g/mol. The second-order valence-electron chi connectivity index (χ2n) is 5.53. The molecule has 1 N–H and O–H groups in total. The van der Waals surface area contributed by atoms with Crippen molar-refractivity contribution in [2.75, 3.05) is 13.1 Å². The first-order valence-electron chi connectivity index (χ1n) is 7.16. The first-order chi connectivity index (χ1) is 10.1. The fraction of sp³-hybridized carbons (Fsp3) is 0.467. The Morgan fingerprint density at radius 1 is 1.38 bits per heavy atom.